The fourth-order valence-electron chi connectivity index (χ4n) is 1.35. The van der Waals surface area contributed by atoms with Gasteiger partial charge >= 0.3 is 6.09 Å². The first-order valence-corrected chi connectivity index (χ1v) is 5.41. The molecule has 0 fully saturated rings. The van der Waals surface area contributed by atoms with Gasteiger partial charge in [0.2, 0.25) is 0 Å². The molecular formula is C11H14ClNO3. The van der Waals surface area contributed by atoms with Crippen molar-refractivity contribution in [3.63, 3.8) is 0 Å². The molecule has 0 unspecified atom stereocenters. The van der Waals surface area contributed by atoms with Gasteiger partial charge in [0.1, 0.15) is 12.2 Å². The van der Waals surface area contributed by atoms with Crippen LogP contribution in [0.1, 0.15) is 5.56 Å². The summed E-state index contributed by atoms with van der Waals surface area (Å²) >= 11 is 5.51. The van der Waals surface area contributed by atoms with Crippen molar-refractivity contribution in [2.24, 2.45) is 5.73 Å². The molecule has 5 heteroatoms. The van der Waals surface area contributed by atoms with Crippen molar-refractivity contribution in [1.29, 1.82) is 0 Å². The van der Waals surface area contributed by atoms with Gasteiger partial charge in [-0.25, -0.2) is 4.79 Å². The number of carbonyl (C=O) groups is 1. The molecule has 16 heavy (non-hydrogen) atoms. The number of primary amides is 1. The summed E-state index contributed by atoms with van der Waals surface area (Å²) in [5.74, 6) is -0.00915. The smallest absolute Gasteiger partial charge is 0.404 e. The Labute approximate surface area is 99.0 Å². The number of halogens is 1. The highest BCUT2D eigenvalue weighted by Crippen LogP contribution is 2.10. The van der Waals surface area contributed by atoms with E-state index in [1.54, 1.807) is 0 Å². The number of hydrogen-bond donors (Lipinski definition) is 2. The van der Waals surface area contributed by atoms with E-state index < -0.39 is 18.3 Å². The maximum atomic E-state index is 10.7. The van der Waals surface area contributed by atoms with Gasteiger partial charge < -0.3 is 15.6 Å². The van der Waals surface area contributed by atoms with E-state index in [0.29, 0.717) is 6.42 Å². The van der Waals surface area contributed by atoms with Gasteiger partial charge in [-0.15, -0.1) is 11.6 Å². The van der Waals surface area contributed by atoms with Crippen molar-refractivity contribution >= 4 is 17.7 Å². The SMILES string of the molecule is NC(=O)O[C@@H](Cc1ccccc1)[C@H](O)CCl. The van der Waals surface area contributed by atoms with Crippen molar-refractivity contribution in [3.8, 4) is 0 Å². The Kier molecular flexibility index (Phi) is 5.08. The van der Waals surface area contributed by atoms with Gasteiger partial charge in [-0.05, 0) is 5.56 Å². The number of amides is 1. The predicted octanol–water partition coefficient (Wildman–Crippen LogP) is 1.29. The van der Waals surface area contributed by atoms with E-state index in [0.717, 1.165) is 5.56 Å². The van der Waals surface area contributed by atoms with E-state index in [1.165, 1.54) is 0 Å². The van der Waals surface area contributed by atoms with Crippen molar-refractivity contribution in [2.45, 2.75) is 18.6 Å². The first kappa shape index (κ1) is 12.8. The van der Waals surface area contributed by atoms with Crippen LogP contribution in [0.15, 0.2) is 30.3 Å². The number of carbonyl (C=O) groups excluding carboxylic acids is 1. The van der Waals surface area contributed by atoms with Crippen LogP contribution in [0.25, 0.3) is 0 Å². The molecule has 2 atom stereocenters. The minimum atomic E-state index is -0.922. The number of nitrogens with two attached hydrogens (primary N) is 1. The Morgan fingerprint density at radius 1 is 1.44 bits per heavy atom. The highest BCUT2D eigenvalue weighted by atomic mass is 35.5. The molecule has 3 N–H and O–H groups in total. The average molecular weight is 244 g/mol. The van der Waals surface area contributed by atoms with Crippen LogP contribution in [-0.2, 0) is 11.2 Å². The maximum Gasteiger partial charge on any atom is 0.404 e. The molecule has 0 saturated carbocycles. The summed E-state index contributed by atoms with van der Waals surface area (Å²) in [4.78, 5) is 10.7. The first-order chi connectivity index (χ1) is 7.63. The molecule has 0 heterocycles. The fourth-order valence-corrected chi connectivity index (χ4v) is 1.55. The molecule has 88 valence electrons. The quantitative estimate of drug-likeness (QED) is 0.766. The van der Waals surface area contributed by atoms with Crippen molar-refractivity contribution < 1.29 is 14.6 Å². The third-order valence-electron chi connectivity index (χ3n) is 2.13. The molecule has 0 spiro atoms. The summed E-state index contributed by atoms with van der Waals surface area (Å²) in [6.07, 6.45) is -2.16. The van der Waals surface area contributed by atoms with E-state index >= 15 is 0 Å². The normalized spacial score (nSPS) is 14.1. The standard InChI is InChI=1S/C11H14ClNO3/c12-7-9(14)10(16-11(13)15)6-8-4-2-1-3-5-8/h1-5,9-10,14H,6-7H2,(H2,13,15)/t9-,10+/m1/s1. The highest BCUT2D eigenvalue weighted by Gasteiger charge is 2.22. The Morgan fingerprint density at radius 2 is 2.06 bits per heavy atom. The lowest BCUT2D eigenvalue weighted by molar-refractivity contribution is 0.0181. The Hall–Kier alpha value is -1.26. The number of benzene rings is 1. The molecule has 0 aliphatic rings. The Morgan fingerprint density at radius 3 is 2.56 bits per heavy atom. The summed E-state index contributed by atoms with van der Waals surface area (Å²) in [7, 11) is 0. The number of aliphatic hydroxyl groups excluding tert-OH is 1. The maximum absolute atomic E-state index is 10.7. The zero-order chi connectivity index (χ0) is 12.0. The second-order valence-corrected chi connectivity index (χ2v) is 3.70. The lowest BCUT2D eigenvalue weighted by Crippen LogP contribution is -2.36. The molecule has 0 aliphatic heterocycles. The number of aliphatic hydroxyl groups is 1. The zero-order valence-electron chi connectivity index (χ0n) is 8.67. The molecule has 0 saturated heterocycles. The molecule has 1 amide bonds. The monoisotopic (exact) mass is 243 g/mol. The number of alkyl halides is 1. The summed E-state index contributed by atoms with van der Waals surface area (Å²) in [6.45, 7) is 0. The lowest BCUT2D eigenvalue weighted by Gasteiger charge is -2.20. The second-order valence-electron chi connectivity index (χ2n) is 3.39. The second kappa shape index (κ2) is 6.35. The number of ether oxygens (including phenoxy) is 1. The molecule has 0 bridgehead atoms. The van der Waals surface area contributed by atoms with Gasteiger partial charge in [0.25, 0.3) is 0 Å². The van der Waals surface area contributed by atoms with E-state index in [9.17, 15) is 9.90 Å². The zero-order valence-corrected chi connectivity index (χ0v) is 9.43. The van der Waals surface area contributed by atoms with Crippen molar-refractivity contribution in [3.05, 3.63) is 35.9 Å². The lowest BCUT2D eigenvalue weighted by atomic mass is 10.0. The third kappa shape index (κ3) is 4.08. The van der Waals surface area contributed by atoms with Crippen LogP contribution in [0.2, 0.25) is 0 Å². The topological polar surface area (TPSA) is 72.6 Å². The molecule has 0 radical (unpaired) electrons. The molecule has 0 aliphatic carbocycles. The van der Waals surface area contributed by atoms with Crippen LogP contribution in [0.4, 0.5) is 4.79 Å². The largest absolute Gasteiger partial charge is 0.443 e. The van der Waals surface area contributed by atoms with Gasteiger partial charge in [0.15, 0.2) is 0 Å². The van der Waals surface area contributed by atoms with E-state index in [1.807, 2.05) is 30.3 Å². The summed E-state index contributed by atoms with van der Waals surface area (Å²) < 4.78 is 4.81. The van der Waals surface area contributed by atoms with Gasteiger partial charge in [0, 0.05) is 6.42 Å². The minimum Gasteiger partial charge on any atom is -0.443 e. The first-order valence-electron chi connectivity index (χ1n) is 4.87. The highest BCUT2D eigenvalue weighted by molar-refractivity contribution is 6.18. The fraction of sp³-hybridized carbons (Fsp3) is 0.364. The molecule has 1 aromatic carbocycles. The molecule has 0 aromatic heterocycles. The van der Waals surface area contributed by atoms with Crippen LogP contribution in [0, 0.1) is 0 Å². The van der Waals surface area contributed by atoms with Crippen LogP contribution >= 0.6 is 11.6 Å². The van der Waals surface area contributed by atoms with Crippen LogP contribution in [-0.4, -0.2) is 29.3 Å². The Bertz CT molecular complexity index is 331. The molecule has 1 aromatic rings. The molecule has 4 nitrogen and oxygen atoms in total. The van der Waals surface area contributed by atoms with Gasteiger partial charge in [-0.3, -0.25) is 0 Å². The Balaban J connectivity index is 2.67. The van der Waals surface area contributed by atoms with Crippen LogP contribution < -0.4 is 5.73 Å². The van der Waals surface area contributed by atoms with E-state index in [4.69, 9.17) is 22.1 Å². The van der Waals surface area contributed by atoms with Gasteiger partial charge in [-0.2, -0.15) is 0 Å². The van der Waals surface area contributed by atoms with E-state index in [-0.39, 0.29) is 5.88 Å². The molecule has 1 rings (SSSR count). The predicted molar refractivity (Wildman–Crippen MR) is 61.3 cm³/mol. The van der Waals surface area contributed by atoms with Crippen LogP contribution in [0.3, 0.4) is 0 Å². The average Bonchev–Trinajstić information content (AvgIpc) is 2.28. The minimum absolute atomic E-state index is 0.00915. The van der Waals surface area contributed by atoms with Crippen LogP contribution in [0.5, 0.6) is 0 Å². The van der Waals surface area contributed by atoms with Crippen molar-refractivity contribution in [2.75, 3.05) is 5.88 Å². The third-order valence-corrected chi connectivity index (χ3v) is 2.45. The number of rotatable bonds is 5. The summed E-state index contributed by atoms with van der Waals surface area (Å²) in [5, 5.41) is 9.56. The summed E-state index contributed by atoms with van der Waals surface area (Å²) in [6, 6.07) is 9.36. The van der Waals surface area contributed by atoms with Crippen molar-refractivity contribution in [1.82, 2.24) is 0 Å². The summed E-state index contributed by atoms with van der Waals surface area (Å²) in [5.41, 5.74) is 5.87. The van der Waals surface area contributed by atoms with E-state index in [2.05, 4.69) is 0 Å². The number of hydrogen-bond acceptors (Lipinski definition) is 3. The van der Waals surface area contributed by atoms with Gasteiger partial charge in [-0.1, -0.05) is 30.3 Å². The molecular weight excluding hydrogens is 230 g/mol. The van der Waals surface area contributed by atoms with Gasteiger partial charge in [0.05, 0.1) is 5.88 Å².